The minimum absolute atomic E-state index is 0.0796. The lowest BCUT2D eigenvalue weighted by atomic mass is 10.00. The van der Waals surface area contributed by atoms with Crippen molar-refractivity contribution >= 4 is 23.4 Å². The van der Waals surface area contributed by atoms with E-state index in [9.17, 15) is 4.79 Å². The fraction of sp³-hybridized carbons (Fsp3) is 0.415. The summed E-state index contributed by atoms with van der Waals surface area (Å²) < 4.78 is 19.3. The van der Waals surface area contributed by atoms with E-state index in [0.29, 0.717) is 32.2 Å². The Labute approximate surface area is 296 Å². The van der Waals surface area contributed by atoms with Gasteiger partial charge in [0.2, 0.25) is 0 Å². The van der Waals surface area contributed by atoms with Gasteiger partial charge in [-0.3, -0.25) is 9.69 Å². The van der Waals surface area contributed by atoms with Crippen molar-refractivity contribution in [1.29, 1.82) is 0 Å². The number of imidazole rings is 1. The molecule has 9 heteroatoms. The van der Waals surface area contributed by atoms with Crippen molar-refractivity contribution < 1.29 is 19.0 Å². The smallest absolute Gasteiger partial charge is 0.251 e. The summed E-state index contributed by atoms with van der Waals surface area (Å²) in [4.78, 5) is 23.1. The van der Waals surface area contributed by atoms with E-state index in [0.717, 1.165) is 90.7 Å². The summed E-state index contributed by atoms with van der Waals surface area (Å²) in [6.45, 7) is 8.64. The zero-order valence-corrected chi connectivity index (χ0v) is 29.9. The summed E-state index contributed by atoms with van der Waals surface area (Å²) >= 11 is 0. The summed E-state index contributed by atoms with van der Waals surface area (Å²) in [5, 5.41) is 3.17. The average molecular weight is 678 g/mol. The number of hydrogen-bond donors (Lipinski definition) is 1. The predicted octanol–water partition coefficient (Wildman–Crippen LogP) is 7.67. The minimum Gasteiger partial charge on any atom is -0.465 e. The third-order valence-corrected chi connectivity index (χ3v) is 9.69. The van der Waals surface area contributed by atoms with E-state index in [1.54, 1.807) is 0 Å². The van der Waals surface area contributed by atoms with Gasteiger partial charge in [-0.25, -0.2) is 4.98 Å². The first kappa shape index (κ1) is 35.4. The molecular weight excluding hydrogens is 626 g/mol. The SMILES string of the molecule is CCCCOC(C)Oc1ccc(-c2ccc3c(c2)C=C(C(=O)Nc2ccc(CN(C)C4CCOCC4)cc2)CCN3Cc2nccn2C)cc1. The molecule has 1 amide bonds. The maximum Gasteiger partial charge on any atom is 0.251 e. The Bertz CT molecular complexity index is 1730. The van der Waals surface area contributed by atoms with Gasteiger partial charge in [0.1, 0.15) is 11.6 Å². The number of fused-ring (bicyclic) bond motifs is 1. The molecule has 4 aromatic rings. The zero-order valence-electron chi connectivity index (χ0n) is 29.9. The normalized spacial score (nSPS) is 15.7. The Kier molecular flexibility index (Phi) is 12.0. The highest BCUT2D eigenvalue weighted by Gasteiger charge is 2.22. The molecule has 1 fully saturated rings. The van der Waals surface area contributed by atoms with Gasteiger partial charge in [-0.05, 0) is 104 Å². The fourth-order valence-electron chi connectivity index (χ4n) is 6.63. The molecule has 0 aliphatic carbocycles. The van der Waals surface area contributed by atoms with E-state index in [2.05, 4.69) is 82.6 Å². The van der Waals surface area contributed by atoms with Gasteiger partial charge in [0.05, 0.1) is 13.2 Å². The number of nitrogens with zero attached hydrogens (tertiary/aromatic N) is 4. The Morgan fingerprint density at radius 2 is 1.82 bits per heavy atom. The fourth-order valence-corrected chi connectivity index (χ4v) is 6.63. The molecule has 264 valence electrons. The van der Waals surface area contributed by atoms with Crippen molar-refractivity contribution in [3.63, 3.8) is 0 Å². The summed E-state index contributed by atoms with van der Waals surface area (Å²) in [6, 6.07) is 23.4. The van der Waals surface area contributed by atoms with E-state index in [4.69, 9.17) is 14.2 Å². The lowest BCUT2D eigenvalue weighted by Gasteiger charge is -2.31. The maximum atomic E-state index is 13.8. The second-order valence-electron chi connectivity index (χ2n) is 13.4. The number of carbonyl (C=O) groups excluding carboxylic acids is 1. The molecule has 6 rings (SSSR count). The lowest BCUT2D eigenvalue weighted by molar-refractivity contribution is -0.112. The standard InChI is InChI=1S/C41H51N5O4/c1-5-6-23-49-30(2)50-38-14-9-32(10-15-38)33-11-16-39-35(26-33)27-34(17-21-46(39)29-40-42-20-22-44(40)3)41(47)43-36-12-7-31(8-13-36)28-45(4)37-18-24-48-25-19-37/h7-16,20,22,26-27,30,37H,5-6,17-19,21,23-25,28-29H2,1-4H3,(H,43,47). The Balaban J connectivity index is 1.18. The van der Waals surface area contributed by atoms with Gasteiger partial charge < -0.3 is 29.0 Å². The second-order valence-corrected chi connectivity index (χ2v) is 13.4. The number of amides is 1. The van der Waals surface area contributed by atoms with Crippen LogP contribution in [0.2, 0.25) is 0 Å². The van der Waals surface area contributed by atoms with Crippen molar-refractivity contribution in [1.82, 2.24) is 14.5 Å². The van der Waals surface area contributed by atoms with Gasteiger partial charge >= 0.3 is 0 Å². The highest BCUT2D eigenvalue weighted by Crippen LogP contribution is 2.34. The van der Waals surface area contributed by atoms with Crippen LogP contribution in [0.1, 0.15) is 62.9 Å². The summed E-state index contributed by atoms with van der Waals surface area (Å²) in [5.41, 5.74) is 6.99. The highest BCUT2D eigenvalue weighted by atomic mass is 16.7. The molecule has 0 bridgehead atoms. The van der Waals surface area contributed by atoms with Gasteiger partial charge in [0.25, 0.3) is 5.91 Å². The number of nitrogens with one attached hydrogen (secondary N) is 1. The maximum absolute atomic E-state index is 13.8. The van der Waals surface area contributed by atoms with Crippen LogP contribution >= 0.6 is 0 Å². The Morgan fingerprint density at radius 1 is 1.06 bits per heavy atom. The summed E-state index contributed by atoms with van der Waals surface area (Å²) in [7, 11) is 4.20. The molecule has 2 aliphatic heterocycles. The van der Waals surface area contributed by atoms with Crippen LogP contribution in [-0.4, -0.2) is 66.1 Å². The van der Waals surface area contributed by atoms with E-state index < -0.39 is 0 Å². The van der Waals surface area contributed by atoms with Crippen LogP contribution in [0.25, 0.3) is 17.2 Å². The molecule has 50 heavy (non-hydrogen) atoms. The number of benzene rings is 3. The van der Waals surface area contributed by atoms with E-state index in [1.807, 2.05) is 55.2 Å². The zero-order chi connectivity index (χ0) is 34.9. The largest absolute Gasteiger partial charge is 0.465 e. The number of aryl methyl sites for hydroxylation is 1. The van der Waals surface area contributed by atoms with E-state index >= 15 is 0 Å². The third-order valence-electron chi connectivity index (χ3n) is 9.69. The number of aromatic nitrogens is 2. The van der Waals surface area contributed by atoms with Crippen LogP contribution < -0.4 is 15.0 Å². The van der Waals surface area contributed by atoms with Gasteiger partial charge in [-0.2, -0.15) is 0 Å². The molecule has 0 spiro atoms. The van der Waals surface area contributed by atoms with Crippen molar-refractivity contribution in [2.45, 2.75) is 71.4 Å². The molecule has 9 nitrogen and oxygen atoms in total. The van der Waals surface area contributed by atoms with E-state index in [-0.39, 0.29) is 12.2 Å². The number of ether oxygens (including phenoxy) is 3. The molecule has 3 heterocycles. The van der Waals surface area contributed by atoms with E-state index in [1.165, 1.54) is 5.56 Å². The Morgan fingerprint density at radius 3 is 2.54 bits per heavy atom. The molecule has 1 saturated heterocycles. The molecule has 1 unspecified atom stereocenters. The van der Waals surface area contributed by atoms with Crippen LogP contribution in [-0.2, 0) is 34.4 Å². The van der Waals surface area contributed by atoms with Crippen molar-refractivity contribution in [2.24, 2.45) is 7.05 Å². The number of rotatable bonds is 14. The monoisotopic (exact) mass is 677 g/mol. The average Bonchev–Trinajstić information content (AvgIpc) is 3.44. The molecule has 1 aromatic heterocycles. The van der Waals surface area contributed by atoms with Gasteiger partial charge in [-0.1, -0.05) is 43.7 Å². The van der Waals surface area contributed by atoms with Crippen LogP contribution in [0, 0.1) is 0 Å². The predicted molar refractivity (Wildman–Crippen MR) is 200 cm³/mol. The van der Waals surface area contributed by atoms with Crippen LogP contribution in [0.4, 0.5) is 11.4 Å². The third kappa shape index (κ3) is 9.21. The van der Waals surface area contributed by atoms with Gasteiger partial charge in [0.15, 0.2) is 6.29 Å². The highest BCUT2D eigenvalue weighted by molar-refractivity contribution is 6.07. The van der Waals surface area contributed by atoms with Crippen molar-refractivity contribution in [3.05, 3.63) is 102 Å². The lowest BCUT2D eigenvalue weighted by Crippen LogP contribution is -2.36. The van der Waals surface area contributed by atoms with Crippen LogP contribution in [0.5, 0.6) is 5.75 Å². The first-order valence-electron chi connectivity index (χ1n) is 18.0. The topological polar surface area (TPSA) is 81.1 Å². The number of anilines is 2. The molecule has 1 N–H and O–H groups in total. The van der Waals surface area contributed by atoms with Crippen molar-refractivity contribution in [3.8, 4) is 16.9 Å². The molecule has 3 aromatic carbocycles. The van der Waals surface area contributed by atoms with Crippen LogP contribution in [0.3, 0.4) is 0 Å². The molecular formula is C41H51N5O4. The molecule has 1 atom stereocenters. The number of carbonyl (C=O) groups is 1. The molecule has 2 aliphatic rings. The minimum atomic E-state index is -0.305. The summed E-state index contributed by atoms with van der Waals surface area (Å²) in [5.74, 6) is 1.66. The summed E-state index contributed by atoms with van der Waals surface area (Å²) in [6.07, 6.45) is 10.4. The van der Waals surface area contributed by atoms with Gasteiger partial charge in [0, 0.05) is 68.7 Å². The van der Waals surface area contributed by atoms with Crippen LogP contribution in [0.15, 0.2) is 84.7 Å². The van der Waals surface area contributed by atoms with Gasteiger partial charge in [-0.15, -0.1) is 0 Å². The Hall–Kier alpha value is -4.44. The first-order chi connectivity index (χ1) is 24.4. The first-order valence-corrected chi connectivity index (χ1v) is 18.0. The van der Waals surface area contributed by atoms with Crippen molar-refractivity contribution in [2.75, 3.05) is 43.6 Å². The molecule has 0 saturated carbocycles. The number of unbranched alkanes of at least 4 members (excludes halogenated alkanes) is 1. The second kappa shape index (κ2) is 17.0. The quantitative estimate of drug-likeness (QED) is 0.108. The number of hydrogen-bond acceptors (Lipinski definition) is 7. The molecule has 0 radical (unpaired) electrons.